The summed E-state index contributed by atoms with van der Waals surface area (Å²) in [7, 11) is 1.65. The molecule has 2 aliphatic rings. The van der Waals surface area contributed by atoms with Gasteiger partial charge in [-0.1, -0.05) is 41.4 Å². The van der Waals surface area contributed by atoms with Crippen molar-refractivity contribution in [1.82, 2.24) is 15.1 Å². The zero-order valence-electron chi connectivity index (χ0n) is 20.2. The number of anilines is 2. The number of hydrogen-bond donors (Lipinski definition) is 0. The van der Waals surface area contributed by atoms with E-state index in [0.717, 1.165) is 67.5 Å². The topological polar surface area (TPSA) is 61.8 Å². The number of piperazine rings is 1. The van der Waals surface area contributed by atoms with Gasteiger partial charge in [0.2, 0.25) is 5.91 Å². The van der Waals surface area contributed by atoms with Gasteiger partial charge in [0.15, 0.2) is 5.82 Å². The van der Waals surface area contributed by atoms with Crippen LogP contribution in [0.5, 0.6) is 5.75 Å². The number of hydrogen-bond acceptors (Lipinski definition) is 6. The molecule has 0 spiro atoms. The summed E-state index contributed by atoms with van der Waals surface area (Å²) in [4.78, 5) is 19.6. The lowest BCUT2D eigenvalue weighted by atomic mass is 9.95. The van der Waals surface area contributed by atoms with Gasteiger partial charge in [-0.15, -0.1) is 10.2 Å². The smallest absolute Gasteiger partial charge is 0.225 e. The molecule has 2 fully saturated rings. The van der Waals surface area contributed by atoms with Crippen molar-refractivity contribution in [3.63, 3.8) is 0 Å². The molecule has 2 aromatic carbocycles. The Bertz CT molecular complexity index is 1210. The van der Waals surface area contributed by atoms with Gasteiger partial charge in [-0.2, -0.15) is 0 Å². The average molecular weight is 526 g/mol. The molecule has 0 atom stereocenters. The molecule has 36 heavy (non-hydrogen) atoms. The second-order valence-corrected chi connectivity index (χ2v) is 9.91. The zero-order valence-corrected chi connectivity index (χ0v) is 21.8. The van der Waals surface area contributed by atoms with E-state index in [4.69, 9.17) is 27.9 Å². The number of benzene rings is 2. The fourth-order valence-corrected chi connectivity index (χ4v) is 5.43. The molecule has 9 heteroatoms. The minimum absolute atomic E-state index is 0.0448. The number of halogens is 2. The van der Waals surface area contributed by atoms with Crippen LogP contribution in [0, 0.1) is 5.92 Å². The number of rotatable bonds is 5. The van der Waals surface area contributed by atoms with E-state index < -0.39 is 0 Å². The average Bonchev–Trinajstić information content (AvgIpc) is 2.94. The van der Waals surface area contributed by atoms with Crippen molar-refractivity contribution >= 4 is 40.6 Å². The normalized spacial score (nSPS) is 16.8. The molecule has 0 unspecified atom stereocenters. The van der Waals surface area contributed by atoms with Crippen LogP contribution >= 0.6 is 23.2 Å². The molecule has 188 valence electrons. The van der Waals surface area contributed by atoms with Crippen molar-refractivity contribution in [2.45, 2.75) is 12.8 Å². The Morgan fingerprint density at radius 1 is 0.861 bits per heavy atom. The van der Waals surface area contributed by atoms with Gasteiger partial charge >= 0.3 is 0 Å². The predicted molar refractivity (Wildman–Crippen MR) is 144 cm³/mol. The van der Waals surface area contributed by atoms with Gasteiger partial charge in [0, 0.05) is 50.7 Å². The summed E-state index contributed by atoms with van der Waals surface area (Å²) in [6, 6.07) is 17.4. The van der Waals surface area contributed by atoms with Crippen molar-refractivity contribution in [1.29, 1.82) is 0 Å². The number of para-hydroxylation sites is 1. The van der Waals surface area contributed by atoms with Gasteiger partial charge in [-0.25, -0.2) is 0 Å². The van der Waals surface area contributed by atoms with Crippen LogP contribution < -0.4 is 14.5 Å². The van der Waals surface area contributed by atoms with E-state index in [2.05, 4.69) is 20.0 Å². The van der Waals surface area contributed by atoms with E-state index in [0.29, 0.717) is 23.1 Å². The van der Waals surface area contributed by atoms with Gasteiger partial charge in [0.25, 0.3) is 0 Å². The second kappa shape index (κ2) is 10.9. The molecule has 7 nitrogen and oxygen atoms in total. The van der Waals surface area contributed by atoms with Gasteiger partial charge < -0.3 is 19.4 Å². The summed E-state index contributed by atoms with van der Waals surface area (Å²) in [5.41, 5.74) is 2.63. The highest BCUT2D eigenvalue weighted by atomic mass is 35.5. The molecule has 0 saturated carbocycles. The van der Waals surface area contributed by atoms with E-state index in [9.17, 15) is 4.79 Å². The minimum Gasteiger partial charge on any atom is -0.496 e. The number of carbonyl (C=O) groups excluding carboxylic acids is 1. The fourth-order valence-electron chi connectivity index (χ4n) is 5.01. The van der Waals surface area contributed by atoms with Crippen LogP contribution in [0.2, 0.25) is 10.0 Å². The monoisotopic (exact) mass is 525 g/mol. The number of amides is 1. The Hall–Kier alpha value is -3.03. The first-order valence-corrected chi connectivity index (χ1v) is 13.0. The molecular formula is C27H29Cl2N5O2. The molecule has 0 aliphatic carbocycles. The van der Waals surface area contributed by atoms with Crippen molar-refractivity contribution < 1.29 is 9.53 Å². The lowest BCUT2D eigenvalue weighted by Crippen LogP contribution is -2.51. The standard InChI is InChI=1S/C27H29Cl2N5O2/c1-36-24-8-3-2-5-20(24)22-9-10-25(31-30-22)33-13-11-19(12-14-33)27(35)34-17-15-32(16-18-34)23-7-4-6-21(28)26(23)29/h2-10,19H,11-18H2,1H3. The van der Waals surface area contributed by atoms with Crippen LogP contribution in [-0.2, 0) is 4.79 Å². The number of piperidine rings is 1. The number of carbonyl (C=O) groups is 1. The molecule has 3 aromatic rings. The molecule has 2 saturated heterocycles. The van der Waals surface area contributed by atoms with Gasteiger partial charge in [-0.05, 0) is 49.2 Å². The molecule has 1 aromatic heterocycles. The van der Waals surface area contributed by atoms with Crippen LogP contribution in [-0.4, -0.2) is 67.4 Å². The van der Waals surface area contributed by atoms with Crippen molar-refractivity contribution in [3.05, 3.63) is 64.6 Å². The highest BCUT2D eigenvalue weighted by molar-refractivity contribution is 6.43. The van der Waals surface area contributed by atoms with Crippen molar-refractivity contribution in [2.24, 2.45) is 5.92 Å². The lowest BCUT2D eigenvalue weighted by molar-refractivity contribution is -0.136. The maximum absolute atomic E-state index is 13.2. The summed E-state index contributed by atoms with van der Waals surface area (Å²) >= 11 is 12.6. The Kier molecular flexibility index (Phi) is 7.48. The molecule has 0 bridgehead atoms. The van der Waals surface area contributed by atoms with Crippen LogP contribution in [0.4, 0.5) is 11.5 Å². The number of ether oxygens (including phenoxy) is 1. The van der Waals surface area contributed by atoms with Crippen molar-refractivity contribution in [2.75, 3.05) is 56.2 Å². The summed E-state index contributed by atoms with van der Waals surface area (Å²) in [6.45, 7) is 4.46. The highest BCUT2D eigenvalue weighted by Gasteiger charge is 2.31. The van der Waals surface area contributed by atoms with Crippen LogP contribution in [0.15, 0.2) is 54.6 Å². The molecule has 5 rings (SSSR count). The van der Waals surface area contributed by atoms with E-state index in [1.807, 2.05) is 53.4 Å². The second-order valence-electron chi connectivity index (χ2n) is 9.12. The van der Waals surface area contributed by atoms with E-state index >= 15 is 0 Å². The first-order chi connectivity index (χ1) is 17.5. The third kappa shape index (κ3) is 5.08. The SMILES string of the molecule is COc1ccccc1-c1ccc(N2CCC(C(=O)N3CCN(c4cccc(Cl)c4Cl)CC3)CC2)nn1. The molecule has 0 N–H and O–H groups in total. The quantitative estimate of drug-likeness (QED) is 0.465. The molecule has 3 heterocycles. The predicted octanol–water partition coefficient (Wildman–Crippen LogP) is 5.02. The summed E-state index contributed by atoms with van der Waals surface area (Å²) < 4.78 is 5.44. The Balaban J connectivity index is 1.14. The summed E-state index contributed by atoms with van der Waals surface area (Å²) in [6.07, 6.45) is 1.63. The molecule has 2 aliphatic heterocycles. The minimum atomic E-state index is 0.0448. The van der Waals surface area contributed by atoms with Gasteiger partial charge in [0.05, 0.1) is 28.5 Å². The number of methoxy groups -OCH3 is 1. The maximum Gasteiger partial charge on any atom is 0.225 e. The van der Waals surface area contributed by atoms with E-state index in [-0.39, 0.29) is 11.8 Å². The molecular weight excluding hydrogens is 497 g/mol. The van der Waals surface area contributed by atoms with Gasteiger partial charge in [0.1, 0.15) is 5.75 Å². The van der Waals surface area contributed by atoms with Gasteiger partial charge in [-0.3, -0.25) is 4.79 Å². The van der Waals surface area contributed by atoms with Crippen LogP contribution in [0.3, 0.4) is 0 Å². The fraction of sp³-hybridized carbons (Fsp3) is 0.370. The molecule has 1 amide bonds. The number of nitrogens with zero attached hydrogens (tertiary/aromatic N) is 5. The maximum atomic E-state index is 13.2. The molecule has 0 radical (unpaired) electrons. The first-order valence-electron chi connectivity index (χ1n) is 12.2. The summed E-state index contributed by atoms with van der Waals surface area (Å²) in [5.74, 6) is 1.91. The third-order valence-corrected chi connectivity index (χ3v) is 7.87. The third-order valence-electron chi connectivity index (χ3n) is 7.06. The Morgan fingerprint density at radius 3 is 2.31 bits per heavy atom. The highest BCUT2D eigenvalue weighted by Crippen LogP contribution is 2.33. The number of aromatic nitrogens is 2. The van der Waals surface area contributed by atoms with Crippen molar-refractivity contribution in [3.8, 4) is 17.0 Å². The Morgan fingerprint density at radius 2 is 1.61 bits per heavy atom. The van der Waals surface area contributed by atoms with Crippen LogP contribution in [0.1, 0.15) is 12.8 Å². The van der Waals surface area contributed by atoms with Crippen LogP contribution in [0.25, 0.3) is 11.3 Å². The van der Waals surface area contributed by atoms with E-state index in [1.54, 1.807) is 13.2 Å². The zero-order chi connectivity index (χ0) is 25.1. The Labute approximate surface area is 221 Å². The first kappa shape index (κ1) is 24.7. The van der Waals surface area contributed by atoms with E-state index in [1.165, 1.54) is 0 Å². The largest absolute Gasteiger partial charge is 0.496 e. The lowest BCUT2D eigenvalue weighted by Gasteiger charge is -2.39. The summed E-state index contributed by atoms with van der Waals surface area (Å²) in [5, 5.41) is 10.0.